The molecule has 84 valence electrons. The molecule has 0 rings (SSSR count). The Bertz CT molecular complexity index is 203. The van der Waals surface area contributed by atoms with Gasteiger partial charge < -0.3 is 10.4 Å². The van der Waals surface area contributed by atoms with Gasteiger partial charge in [0.15, 0.2) is 0 Å². The molecule has 0 heterocycles. The SMILES string of the molecule is CC/C(Cl)=C(\C)C(O)(CC)CCNC. The van der Waals surface area contributed by atoms with Crippen LogP contribution in [0.2, 0.25) is 0 Å². The van der Waals surface area contributed by atoms with Gasteiger partial charge in [0, 0.05) is 5.03 Å². The molecular weight excluding hydrogens is 198 g/mol. The number of hydrogen-bond acceptors (Lipinski definition) is 2. The maximum atomic E-state index is 10.3. The minimum atomic E-state index is -0.740. The number of nitrogens with one attached hydrogen (secondary N) is 1. The van der Waals surface area contributed by atoms with E-state index in [0.717, 1.165) is 23.6 Å². The lowest BCUT2D eigenvalue weighted by Gasteiger charge is -2.29. The van der Waals surface area contributed by atoms with Crippen LogP contribution in [0.15, 0.2) is 10.6 Å². The topological polar surface area (TPSA) is 32.3 Å². The van der Waals surface area contributed by atoms with Crippen LogP contribution in [-0.2, 0) is 0 Å². The first kappa shape index (κ1) is 13.9. The van der Waals surface area contributed by atoms with Gasteiger partial charge >= 0.3 is 0 Å². The second-order valence-corrected chi connectivity index (χ2v) is 4.08. The van der Waals surface area contributed by atoms with Crippen molar-refractivity contribution in [3.63, 3.8) is 0 Å². The lowest BCUT2D eigenvalue weighted by molar-refractivity contribution is 0.0650. The first-order chi connectivity index (χ1) is 6.51. The average Bonchev–Trinajstić information content (AvgIpc) is 2.23. The molecule has 0 aliphatic carbocycles. The van der Waals surface area contributed by atoms with Crippen molar-refractivity contribution in [2.75, 3.05) is 13.6 Å². The third-order valence-corrected chi connectivity index (χ3v) is 3.34. The van der Waals surface area contributed by atoms with Crippen LogP contribution >= 0.6 is 11.6 Å². The Morgan fingerprint density at radius 1 is 1.43 bits per heavy atom. The van der Waals surface area contributed by atoms with Gasteiger partial charge in [-0.15, -0.1) is 0 Å². The zero-order valence-electron chi connectivity index (χ0n) is 9.65. The fourth-order valence-electron chi connectivity index (χ4n) is 1.48. The van der Waals surface area contributed by atoms with Gasteiger partial charge in [0.25, 0.3) is 0 Å². The summed E-state index contributed by atoms with van der Waals surface area (Å²) in [6.07, 6.45) is 2.20. The molecule has 0 spiro atoms. The summed E-state index contributed by atoms with van der Waals surface area (Å²) in [5, 5.41) is 14.2. The minimum Gasteiger partial charge on any atom is -0.385 e. The van der Waals surface area contributed by atoms with Crippen molar-refractivity contribution in [3.05, 3.63) is 10.6 Å². The van der Waals surface area contributed by atoms with Crippen molar-refractivity contribution in [3.8, 4) is 0 Å². The zero-order valence-corrected chi connectivity index (χ0v) is 10.4. The molecule has 0 aromatic heterocycles. The first-order valence-electron chi connectivity index (χ1n) is 5.24. The first-order valence-corrected chi connectivity index (χ1v) is 5.62. The number of rotatable bonds is 6. The Kier molecular flexibility index (Phi) is 6.41. The molecular formula is C11H22ClNO. The van der Waals surface area contributed by atoms with Crippen LogP contribution in [0.1, 0.15) is 40.0 Å². The Morgan fingerprint density at radius 3 is 2.36 bits per heavy atom. The molecule has 0 aromatic carbocycles. The Hall–Kier alpha value is -0.0500. The van der Waals surface area contributed by atoms with Gasteiger partial charge in [0.2, 0.25) is 0 Å². The molecule has 1 atom stereocenters. The highest BCUT2D eigenvalue weighted by molar-refractivity contribution is 6.30. The number of allylic oxidation sites excluding steroid dienone is 1. The van der Waals surface area contributed by atoms with Crippen molar-refractivity contribution in [1.29, 1.82) is 0 Å². The van der Waals surface area contributed by atoms with E-state index in [-0.39, 0.29) is 0 Å². The molecule has 0 aliphatic rings. The summed E-state index contributed by atoms with van der Waals surface area (Å²) in [6, 6.07) is 0. The van der Waals surface area contributed by atoms with Crippen molar-refractivity contribution in [2.45, 2.75) is 45.6 Å². The Balaban J connectivity index is 4.66. The molecule has 0 saturated carbocycles. The quantitative estimate of drug-likeness (QED) is 0.720. The van der Waals surface area contributed by atoms with E-state index in [1.165, 1.54) is 0 Å². The third-order valence-electron chi connectivity index (χ3n) is 2.79. The van der Waals surface area contributed by atoms with E-state index < -0.39 is 5.60 Å². The summed E-state index contributed by atoms with van der Waals surface area (Å²) in [5.74, 6) is 0. The van der Waals surface area contributed by atoms with Crippen LogP contribution in [0, 0.1) is 0 Å². The zero-order chi connectivity index (χ0) is 11.2. The van der Waals surface area contributed by atoms with E-state index in [1.807, 2.05) is 27.8 Å². The highest BCUT2D eigenvalue weighted by Crippen LogP contribution is 2.29. The largest absolute Gasteiger partial charge is 0.385 e. The average molecular weight is 220 g/mol. The number of halogens is 1. The number of aliphatic hydroxyl groups is 1. The molecule has 2 nitrogen and oxygen atoms in total. The highest BCUT2D eigenvalue weighted by atomic mass is 35.5. The number of hydrogen-bond donors (Lipinski definition) is 2. The molecule has 2 N–H and O–H groups in total. The molecule has 0 aliphatic heterocycles. The predicted octanol–water partition coefficient (Wildman–Crippen LogP) is 2.66. The van der Waals surface area contributed by atoms with Crippen LogP contribution in [0.25, 0.3) is 0 Å². The molecule has 3 heteroatoms. The molecule has 1 unspecified atom stereocenters. The Morgan fingerprint density at radius 2 is 2.00 bits per heavy atom. The summed E-state index contributed by atoms with van der Waals surface area (Å²) in [6.45, 7) is 6.71. The summed E-state index contributed by atoms with van der Waals surface area (Å²) >= 11 is 6.06. The van der Waals surface area contributed by atoms with E-state index in [1.54, 1.807) is 0 Å². The van der Waals surface area contributed by atoms with Gasteiger partial charge in [0.05, 0.1) is 5.60 Å². The minimum absolute atomic E-state index is 0.705. The van der Waals surface area contributed by atoms with E-state index in [0.29, 0.717) is 12.8 Å². The van der Waals surface area contributed by atoms with E-state index in [2.05, 4.69) is 5.32 Å². The second-order valence-electron chi connectivity index (χ2n) is 3.62. The summed E-state index contributed by atoms with van der Waals surface area (Å²) in [4.78, 5) is 0. The van der Waals surface area contributed by atoms with Gasteiger partial charge in [-0.25, -0.2) is 0 Å². The molecule has 0 bridgehead atoms. The Labute approximate surface area is 92.3 Å². The molecule has 0 aromatic rings. The van der Waals surface area contributed by atoms with Crippen LogP contribution in [0.5, 0.6) is 0 Å². The van der Waals surface area contributed by atoms with E-state index >= 15 is 0 Å². The maximum absolute atomic E-state index is 10.3. The normalized spacial score (nSPS) is 17.6. The van der Waals surface area contributed by atoms with Gasteiger partial charge in [-0.3, -0.25) is 0 Å². The van der Waals surface area contributed by atoms with E-state index in [9.17, 15) is 5.11 Å². The van der Waals surface area contributed by atoms with Crippen LogP contribution in [0.3, 0.4) is 0 Å². The van der Waals surface area contributed by atoms with Crippen molar-refractivity contribution >= 4 is 11.6 Å². The standard InChI is InChI=1S/C11H22ClNO/c1-5-10(12)9(3)11(14,6-2)7-8-13-4/h13-14H,5-8H2,1-4H3/b10-9-. The lowest BCUT2D eigenvalue weighted by Crippen LogP contribution is -2.33. The van der Waals surface area contributed by atoms with Crippen molar-refractivity contribution in [1.82, 2.24) is 5.32 Å². The second kappa shape index (κ2) is 6.44. The van der Waals surface area contributed by atoms with Gasteiger partial charge in [-0.05, 0) is 45.4 Å². The smallest absolute Gasteiger partial charge is 0.0877 e. The van der Waals surface area contributed by atoms with Gasteiger partial charge in [-0.2, -0.15) is 0 Å². The highest BCUT2D eigenvalue weighted by Gasteiger charge is 2.27. The third kappa shape index (κ3) is 3.60. The molecule has 0 radical (unpaired) electrons. The van der Waals surface area contributed by atoms with Crippen molar-refractivity contribution in [2.24, 2.45) is 0 Å². The fourth-order valence-corrected chi connectivity index (χ4v) is 1.65. The monoisotopic (exact) mass is 219 g/mol. The molecule has 0 saturated heterocycles. The fraction of sp³-hybridized carbons (Fsp3) is 0.818. The van der Waals surface area contributed by atoms with Crippen LogP contribution in [-0.4, -0.2) is 24.3 Å². The lowest BCUT2D eigenvalue weighted by atomic mass is 9.88. The predicted molar refractivity (Wildman–Crippen MR) is 62.6 cm³/mol. The summed E-state index contributed by atoms with van der Waals surface area (Å²) < 4.78 is 0. The van der Waals surface area contributed by atoms with Crippen molar-refractivity contribution < 1.29 is 5.11 Å². The van der Waals surface area contributed by atoms with Gasteiger partial charge in [0.1, 0.15) is 0 Å². The molecule has 14 heavy (non-hydrogen) atoms. The van der Waals surface area contributed by atoms with Crippen LogP contribution < -0.4 is 5.32 Å². The van der Waals surface area contributed by atoms with Crippen LogP contribution in [0.4, 0.5) is 0 Å². The maximum Gasteiger partial charge on any atom is 0.0877 e. The van der Waals surface area contributed by atoms with Gasteiger partial charge in [-0.1, -0.05) is 25.4 Å². The molecule has 0 amide bonds. The summed E-state index contributed by atoms with van der Waals surface area (Å²) in [7, 11) is 1.89. The summed E-state index contributed by atoms with van der Waals surface area (Å²) in [5.41, 5.74) is 0.176. The van der Waals surface area contributed by atoms with E-state index in [4.69, 9.17) is 11.6 Å². The molecule has 0 fully saturated rings.